The summed E-state index contributed by atoms with van der Waals surface area (Å²) in [5.74, 6) is -0.784. The summed E-state index contributed by atoms with van der Waals surface area (Å²) < 4.78 is 18.5. The van der Waals surface area contributed by atoms with Crippen LogP contribution in [-0.4, -0.2) is 51.2 Å². The fourth-order valence-electron chi connectivity index (χ4n) is 2.48. The Bertz CT molecular complexity index is 547. The van der Waals surface area contributed by atoms with E-state index in [0.29, 0.717) is 12.2 Å². The molecule has 23 heavy (non-hydrogen) atoms. The normalized spacial score (nSPS) is 18.4. The van der Waals surface area contributed by atoms with Gasteiger partial charge in [0, 0.05) is 18.8 Å². The van der Waals surface area contributed by atoms with Gasteiger partial charge in [0.2, 0.25) is 0 Å². The Labute approximate surface area is 135 Å². The maximum Gasteiger partial charge on any atom is 0.279 e. The van der Waals surface area contributed by atoms with Crippen LogP contribution in [0.15, 0.2) is 24.3 Å². The van der Waals surface area contributed by atoms with E-state index in [1.807, 2.05) is 0 Å². The summed E-state index contributed by atoms with van der Waals surface area (Å²) >= 11 is 0. The molecule has 6 nitrogen and oxygen atoms in total. The van der Waals surface area contributed by atoms with Gasteiger partial charge in [-0.3, -0.25) is 9.59 Å². The third-order valence-electron chi connectivity index (χ3n) is 3.58. The molecule has 1 saturated heterocycles. The Morgan fingerprint density at radius 2 is 2.13 bits per heavy atom. The summed E-state index contributed by atoms with van der Waals surface area (Å²) in [5.41, 5.74) is 0.408. The zero-order valence-corrected chi connectivity index (χ0v) is 13.2. The van der Waals surface area contributed by atoms with Crippen LogP contribution in [0, 0.1) is 5.82 Å². The number of benzene rings is 1. The van der Waals surface area contributed by atoms with E-state index in [1.54, 1.807) is 13.1 Å². The van der Waals surface area contributed by atoms with E-state index in [4.69, 9.17) is 4.74 Å². The largest absolute Gasteiger partial charge is 0.376 e. The van der Waals surface area contributed by atoms with Crippen molar-refractivity contribution in [2.75, 3.05) is 38.6 Å². The molecule has 0 spiro atoms. The Kier molecular flexibility index (Phi) is 6.49. The van der Waals surface area contributed by atoms with Crippen LogP contribution < -0.4 is 15.5 Å². The second-order valence-corrected chi connectivity index (χ2v) is 5.81. The molecule has 2 rings (SSSR count). The van der Waals surface area contributed by atoms with Crippen LogP contribution in [0.1, 0.15) is 12.8 Å². The SMILES string of the molecule is C[NH+](CC(=O)NC[C@H]1CCCO1)CC(=O)Nc1cccc(F)c1. The molecule has 1 heterocycles. The average molecular weight is 324 g/mol. The van der Waals surface area contributed by atoms with E-state index < -0.39 is 5.82 Å². The number of carbonyl (C=O) groups is 2. The number of anilines is 1. The van der Waals surface area contributed by atoms with E-state index >= 15 is 0 Å². The number of rotatable bonds is 7. The van der Waals surface area contributed by atoms with Gasteiger partial charge in [-0.25, -0.2) is 4.39 Å². The van der Waals surface area contributed by atoms with Crippen molar-refractivity contribution in [3.63, 3.8) is 0 Å². The zero-order chi connectivity index (χ0) is 16.7. The highest BCUT2D eigenvalue weighted by Gasteiger charge is 2.18. The van der Waals surface area contributed by atoms with Gasteiger partial charge in [0.05, 0.1) is 13.2 Å². The van der Waals surface area contributed by atoms with Crippen LogP contribution in [0.4, 0.5) is 10.1 Å². The second-order valence-electron chi connectivity index (χ2n) is 5.81. The van der Waals surface area contributed by atoms with Crippen LogP contribution >= 0.6 is 0 Å². The van der Waals surface area contributed by atoms with Crippen LogP contribution in [0.25, 0.3) is 0 Å². The van der Waals surface area contributed by atoms with Gasteiger partial charge in [0.25, 0.3) is 11.8 Å². The number of likely N-dealkylation sites (N-methyl/N-ethyl adjacent to an activating group) is 1. The molecule has 1 fully saturated rings. The average Bonchev–Trinajstić information content (AvgIpc) is 2.98. The maximum absolute atomic E-state index is 13.0. The van der Waals surface area contributed by atoms with Gasteiger partial charge >= 0.3 is 0 Å². The van der Waals surface area contributed by atoms with Crippen molar-refractivity contribution >= 4 is 17.5 Å². The number of ether oxygens (including phenoxy) is 1. The minimum absolute atomic E-state index is 0.107. The molecule has 126 valence electrons. The molecule has 1 aliphatic heterocycles. The fraction of sp³-hybridized carbons (Fsp3) is 0.500. The lowest BCUT2D eigenvalue weighted by atomic mass is 10.2. The molecule has 1 unspecified atom stereocenters. The quantitative estimate of drug-likeness (QED) is 0.638. The first-order chi connectivity index (χ1) is 11.0. The first-order valence-electron chi connectivity index (χ1n) is 7.78. The standard InChI is InChI=1S/C16H22FN3O3/c1-20(10-15(21)18-9-14-6-3-7-23-14)11-16(22)19-13-5-2-4-12(17)8-13/h2,4-5,8,14H,3,6-7,9-11H2,1H3,(H,18,21)(H,19,22)/p+1/t14-/m1/s1. The number of hydrogen-bond acceptors (Lipinski definition) is 3. The molecule has 3 N–H and O–H groups in total. The summed E-state index contributed by atoms with van der Waals surface area (Å²) in [6.45, 7) is 1.60. The van der Waals surface area contributed by atoms with Crippen molar-refractivity contribution < 1.29 is 23.6 Å². The Morgan fingerprint density at radius 1 is 1.35 bits per heavy atom. The first-order valence-corrected chi connectivity index (χ1v) is 7.78. The number of hydrogen-bond donors (Lipinski definition) is 3. The molecule has 1 aromatic carbocycles. The second kappa shape index (κ2) is 8.59. The van der Waals surface area contributed by atoms with Crippen molar-refractivity contribution in [1.29, 1.82) is 0 Å². The smallest absolute Gasteiger partial charge is 0.279 e. The van der Waals surface area contributed by atoms with Gasteiger partial charge in [-0.05, 0) is 31.0 Å². The minimum Gasteiger partial charge on any atom is -0.376 e. The molecule has 0 saturated carbocycles. The highest BCUT2D eigenvalue weighted by molar-refractivity contribution is 5.91. The van der Waals surface area contributed by atoms with Crippen LogP contribution in [0.5, 0.6) is 0 Å². The Morgan fingerprint density at radius 3 is 2.83 bits per heavy atom. The van der Waals surface area contributed by atoms with Gasteiger partial charge < -0.3 is 20.3 Å². The van der Waals surface area contributed by atoms with Crippen molar-refractivity contribution in [1.82, 2.24) is 5.32 Å². The predicted molar refractivity (Wildman–Crippen MR) is 83.6 cm³/mol. The van der Waals surface area contributed by atoms with E-state index in [9.17, 15) is 14.0 Å². The van der Waals surface area contributed by atoms with Gasteiger partial charge in [-0.2, -0.15) is 0 Å². The number of quaternary nitrogens is 1. The summed E-state index contributed by atoms with van der Waals surface area (Å²) in [5, 5.41) is 5.43. The van der Waals surface area contributed by atoms with Crippen LogP contribution in [0.2, 0.25) is 0 Å². The van der Waals surface area contributed by atoms with Crippen LogP contribution in [-0.2, 0) is 14.3 Å². The molecular weight excluding hydrogens is 301 g/mol. The molecule has 1 aliphatic rings. The lowest BCUT2D eigenvalue weighted by Crippen LogP contribution is -3.11. The highest BCUT2D eigenvalue weighted by Crippen LogP contribution is 2.10. The van der Waals surface area contributed by atoms with E-state index in [2.05, 4.69) is 10.6 Å². The van der Waals surface area contributed by atoms with Gasteiger partial charge in [-0.1, -0.05) is 6.07 Å². The number of nitrogens with one attached hydrogen (secondary N) is 3. The predicted octanol–water partition coefficient (Wildman–Crippen LogP) is -0.426. The molecule has 0 aliphatic carbocycles. The third-order valence-corrected chi connectivity index (χ3v) is 3.58. The van der Waals surface area contributed by atoms with Crippen molar-refractivity contribution in [3.8, 4) is 0 Å². The molecule has 0 aromatic heterocycles. The third kappa shape index (κ3) is 6.33. The van der Waals surface area contributed by atoms with Gasteiger partial charge in [-0.15, -0.1) is 0 Å². The number of carbonyl (C=O) groups excluding carboxylic acids is 2. The summed E-state index contributed by atoms with van der Waals surface area (Å²) in [6.07, 6.45) is 2.11. The summed E-state index contributed by atoms with van der Waals surface area (Å²) in [4.78, 5) is 24.5. The highest BCUT2D eigenvalue weighted by atomic mass is 19.1. The molecule has 1 aromatic rings. The monoisotopic (exact) mass is 324 g/mol. The molecule has 7 heteroatoms. The molecule has 2 amide bonds. The number of amides is 2. The van der Waals surface area contributed by atoms with Gasteiger partial charge in [0.15, 0.2) is 13.1 Å². The summed E-state index contributed by atoms with van der Waals surface area (Å²) in [6, 6.07) is 5.71. The summed E-state index contributed by atoms with van der Waals surface area (Å²) in [7, 11) is 1.76. The minimum atomic E-state index is -0.406. The lowest BCUT2D eigenvalue weighted by Gasteiger charge is -2.15. The molecule has 2 atom stereocenters. The maximum atomic E-state index is 13.0. The van der Waals surface area contributed by atoms with Gasteiger partial charge in [0.1, 0.15) is 5.82 Å². The van der Waals surface area contributed by atoms with Crippen molar-refractivity contribution in [2.45, 2.75) is 18.9 Å². The first kappa shape index (κ1) is 17.4. The Balaban J connectivity index is 1.67. The molecular formula is C16H23FN3O3+. The topological polar surface area (TPSA) is 71.9 Å². The van der Waals surface area contributed by atoms with E-state index in [0.717, 1.165) is 24.3 Å². The zero-order valence-electron chi connectivity index (χ0n) is 13.2. The molecule has 0 bridgehead atoms. The fourth-order valence-corrected chi connectivity index (χ4v) is 2.48. The van der Waals surface area contributed by atoms with E-state index in [1.165, 1.54) is 18.2 Å². The van der Waals surface area contributed by atoms with Crippen molar-refractivity contribution in [2.24, 2.45) is 0 Å². The van der Waals surface area contributed by atoms with E-state index in [-0.39, 0.29) is 31.0 Å². The van der Waals surface area contributed by atoms with Crippen molar-refractivity contribution in [3.05, 3.63) is 30.1 Å². The molecule has 0 radical (unpaired) electrons. The Hall–Kier alpha value is -1.99. The van der Waals surface area contributed by atoms with Crippen LogP contribution in [0.3, 0.4) is 0 Å². The number of halogens is 1. The lowest BCUT2D eigenvalue weighted by molar-refractivity contribution is -0.862.